The van der Waals surface area contributed by atoms with Gasteiger partial charge in [-0.1, -0.05) is 0 Å². The number of rotatable bonds is 7. The zero-order valence-electron chi connectivity index (χ0n) is 7.93. The molecule has 0 rings (SSSR count). The Bertz CT molecular complexity index is 216. The van der Waals surface area contributed by atoms with Crippen LogP contribution in [0.25, 0.3) is 0 Å². The van der Waals surface area contributed by atoms with E-state index >= 15 is 0 Å². The van der Waals surface area contributed by atoms with Gasteiger partial charge in [0.25, 0.3) is 0 Å². The number of ether oxygens (including phenoxy) is 1. The van der Waals surface area contributed by atoms with Crippen LogP contribution < -0.4 is 0 Å². The van der Waals surface area contributed by atoms with Crippen LogP contribution in [0.1, 0.15) is 6.92 Å². The Balaban J connectivity index is 4.00. The van der Waals surface area contributed by atoms with E-state index in [0.717, 1.165) is 0 Å². The minimum atomic E-state index is -1.09. The highest BCUT2D eigenvalue weighted by molar-refractivity contribution is 5.74. The molecule has 0 aliphatic heterocycles. The van der Waals surface area contributed by atoms with Gasteiger partial charge >= 0.3 is 11.9 Å². The second kappa shape index (κ2) is 7.02. The van der Waals surface area contributed by atoms with Crippen LogP contribution in [0, 0.1) is 0 Å². The molecule has 0 saturated heterocycles. The minimum absolute atomic E-state index is 0.0921. The quantitative estimate of drug-likeness (QED) is 0.428. The van der Waals surface area contributed by atoms with E-state index < -0.39 is 11.9 Å². The molecule has 1 N–H and O–H groups in total. The Hall–Kier alpha value is -1.43. The van der Waals surface area contributed by atoms with Crippen molar-refractivity contribution in [2.24, 2.45) is 0 Å². The Morgan fingerprint density at radius 3 is 2.50 bits per heavy atom. The fraction of sp³-hybridized carbons (Fsp3) is 0.625. The molecule has 0 radical (unpaired) electrons. The van der Waals surface area contributed by atoms with Gasteiger partial charge < -0.3 is 14.6 Å². The summed E-state index contributed by atoms with van der Waals surface area (Å²) in [7, 11) is 0. The summed E-state index contributed by atoms with van der Waals surface area (Å²) in [6, 6.07) is 0. The molecule has 0 aliphatic rings. The molecule has 0 aliphatic carbocycles. The third kappa shape index (κ3) is 6.13. The van der Waals surface area contributed by atoms with Crippen molar-refractivity contribution in [3.8, 4) is 0 Å². The lowest BCUT2D eigenvalue weighted by Gasteiger charge is -2.15. The molecular formula is C8H13NO5. The van der Waals surface area contributed by atoms with Crippen LogP contribution in [-0.4, -0.2) is 54.5 Å². The fourth-order valence-corrected chi connectivity index (χ4v) is 0.871. The first-order chi connectivity index (χ1) is 6.60. The SMILES string of the molecule is CCOC(=O)CN(CC=O)CC(=O)O. The smallest absolute Gasteiger partial charge is 0.320 e. The summed E-state index contributed by atoms with van der Waals surface area (Å²) in [4.78, 5) is 32.6. The summed E-state index contributed by atoms with van der Waals surface area (Å²) in [5.41, 5.74) is 0. The molecule has 0 aromatic heterocycles. The molecule has 6 heteroatoms. The van der Waals surface area contributed by atoms with E-state index in [1.54, 1.807) is 6.92 Å². The molecule has 80 valence electrons. The minimum Gasteiger partial charge on any atom is -0.480 e. The van der Waals surface area contributed by atoms with Gasteiger partial charge in [-0.15, -0.1) is 0 Å². The first-order valence-electron chi connectivity index (χ1n) is 4.13. The molecule has 0 aromatic rings. The summed E-state index contributed by atoms with van der Waals surface area (Å²) in [5.74, 6) is -1.62. The number of aliphatic carboxylic acids is 1. The van der Waals surface area contributed by atoms with E-state index in [4.69, 9.17) is 5.11 Å². The van der Waals surface area contributed by atoms with Crippen molar-refractivity contribution < 1.29 is 24.2 Å². The van der Waals surface area contributed by atoms with E-state index in [-0.39, 0.29) is 26.2 Å². The second-order valence-electron chi connectivity index (χ2n) is 2.54. The maximum atomic E-state index is 10.9. The maximum absolute atomic E-state index is 10.9. The summed E-state index contributed by atoms with van der Waals surface area (Å²) >= 11 is 0. The van der Waals surface area contributed by atoms with Crippen LogP contribution in [0.2, 0.25) is 0 Å². The number of carbonyl (C=O) groups is 3. The molecule has 0 aromatic carbocycles. The zero-order chi connectivity index (χ0) is 11.0. The average molecular weight is 203 g/mol. The van der Waals surface area contributed by atoms with Crippen LogP contribution in [-0.2, 0) is 19.1 Å². The lowest BCUT2D eigenvalue weighted by atomic mass is 10.4. The summed E-state index contributed by atoms with van der Waals surface area (Å²) in [6.07, 6.45) is 0.544. The molecule has 0 atom stereocenters. The maximum Gasteiger partial charge on any atom is 0.320 e. The van der Waals surface area contributed by atoms with E-state index in [0.29, 0.717) is 6.29 Å². The van der Waals surface area contributed by atoms with Gasteiger partial charge in [-0.25, -0.2) is 0 Å². The number of carboxylic acid groups (broad SMARTS) is 1. The number of hydrogen-bond donors (Lipinski definition) is 1. The third-order valence-electron chi connectivity index (χ3n) is 1.35. The Kier molecular flexibility index (Phi) is 6.30. The lowest BCUT2D eigenvalue weighted by molar-refractivity contribution is -0.146. The van der Waals surface area contributed by atoms with Crippen LogP contribution >= 0.6 is 0 Å². The molecule has 0 saturated carbocycles. The van der Waals surface area contributed by atoms with E-state index in [2.05, 4.69) is 4.74 Å². The number of esters is 1. The first-order valence-corrected chi connectivity index (χ1v) is 4.13. The molecule has 0 fully saturated rings. The monoisotopic (exact) mass is 203 g/mol. The van der Waals surface area contributed by atoms with Crippen molar-refractivity contribution in [3.05, 3.63) is 0 Å². The average Bonchev–Trinajstić information content (AvgIpc) is 2.03. The standard InChI is InChI=1S/C8H13NO5/c1-2-14-8(13)6-9(3-4-10)5-7(11)12/h4H,2-3,5-6H2,1H3,(H,11,12). The van der Waals surface area contributed by atoms with E-state index in [1.165, 1.54) is 4.90 Å². The highest BCUT2D eigenvalue weighted by Crippen LogP contribution is 1.89. The molecule has 0 heterocycles. The van der Waals surface area contributed by atoms with Gasteiger partial charge in [-0.3, -0.25) is 14.5 Å². The Morgan fingerprint density at radius 2 is 2.07 bits per heavy atom. The van der Waals surface area contributed by atoms with Gasteiger partial charge in [-0.05, 0) is 6.92 Å². The van der Waals surface area contributed by atoms with Gasteiger partial charge in [0.15, 0.2) is 0 Å². The molecule has 6 nitrogen and oxygen atoms in total. The second-order valence-corrected chi connectivity index (χ2v) is 2.54. The van der Waals surface area contributed by atoms with E-state index in [1.807, 2.05) is 0 Å². The lowest BCUT2D eigenvalue weighted by Crippen LogP contribution is -2.36. The van der Waals surface area contributed by atoms with Crippen LogP contribution in [0.15, 0.2) is 0 Å². The predicted octanol–water partition coefficient (Wildman–Crippen LogP) is -0.865. The number of hydrogen-bond acceptors (Lipinski definition) is 5. The van der Waals surface area contributed by atoms with Gasteiger partial charge in [0.05, 0.1) is 26.2 Å². The zero-order valence-corrected chi connectivity index (χ0v) is 7.93. The normalized spacial score (nSPS) is 9.86. The predicted molar refractivity (Wildman–Crippen MR) is 46.8 cm³/mol. The Morgan fingerprint density at radius 1 is 1.43 bits per heavy atom. The molecule has 0 spiro atoms. The first kappa shape index (κ1) is 12.6. The van der Waals surface area contributed by atoms with Crippen molar-refractivity contribution in [2.75, 3.05) is 26.2 Å². The number of carboxylic acids is 1. The van der Waals surface area contributed by atoms with Crippen molar-refractivity contribution in [2.45, 2.75) is 6.92 Å². The van der Waals surface area contributed by atoms with Gasteiger partial charge in [-0.2, -0.15) is 0 Å². The van der Waals surface area contributed by atoms with Crippen LogP contribution in [0.5, 0.6) is 0 Å². The highest BCUT2D eigenvalue weighted by Gasteiger charge is 2.13. The van der Waals surface area contributed by atoms with Crippen LogP contribution in [0.4, 0.5) is 0 Å². The third-order valence-corrected chi connectivity index (χ3v) is 1.35. The van der Waals surface area contributed by atoms with Crippen molar-refractivity contribution in [1.82, 2.24) is 4.90 Å². The molecule has 0 amide bonds. The number of carbonyl (C=O) groups excluding carboxylic acids is 2. The summed E-state index contributed by atoms with van der Waals surface area (Å²) < 4.78 is 4.61. The molecule has 0 bridgehead atoms. The van der Waals surface area contributed by atoms with Gasteiger partial charge in [0.2, 0.25) is 0 Å². The summed E-state index contributed by atoms with van der Waals surface area (Å²) in [6.45, 7) is 1.27. The number of nitrogens with zero attached hydrogens (tertiary/aromatic N) is 1. The van der Waals surface area contributed by atoms with Crippen molar-refractivity contribution in [3.63, 3.8) is 0 Å². The molecular weight excluding hydrogens is 190 g/mol. The Labute approximate surface area is 81.4 Å². The van der Waals surface area contributed by atoms with Crippen molar-refractivity contribution in [1.29, 1.82) is 0 Å². The fourth-order valence-electron chi connectivity index (χ4n) is 0.871. The summed E-state index contributed by atoms with van der Waals surface area (Å²) in [5, 5.41) is 8.44. The van der Waals surface area contributed by atoms with Crippen molar-refractivity contribution >= 4 is 18.2 Å². The van der Waals surface area contributed by atoms with Gasteiger partial charge in [0, 0.05) is 0 Å². The molecule has 14 heavy (non-hydrogen) atoms. The molecule has 0 unspecified atom stereocenters. The highest BCUT2D eigenvalue weighted by atomic mass is 16.5. The van der Waals surface area contributed by atoms with Crippen LogP contribution in [0.3, 0.4) is 0 Å². The largest absolute Gasteiger partial charge is 0.480 e. The number of aldehydes is 1. The van der Waals surface area contributed by atoms with Gasteiger partial charge in [0.1, 0.15) is 6.29 Å². The van der Waals surface area contributed by atoms with E-state index in [9.17, 15) is 14.4 Å². The topological polar surface area (TPSA) is 83.9 Å².